The Kier molecular flexibility index (Phi) is 6.38. The van der Waals surface area contributed by atoms with Gasteiger partial charge in [0, 0.05) is 6.04 Å². The van der Waals surface area contributed by atoms with Crippen molar-refractivity contribution in [1.29, 1.82) is 0 Å². The monoisotopic (exact) mass is 323 g/mol. The molecule has 0 aliphatic heterocycles. The molecule has 1 saturated carbocycles. The van der Waals surface area contributed by atoms with Gasteiger partial charge in [-0.3, -0.25) is 4.79 Å². The van der Waals surface area contributed by atoms with Gasteiger partial charge in [-0.25, -0.2) is 9.18 Å². The SMILES string of the molecule is C[C@@H]1CCCC[C@@H]1NC(=O)COC(=O)COc1ccccc1F. The molecule has 0 spiro atoms. The number of nitrogens with one attached hydrogen (secondary N) is 1. The van der Waals surface area contributed by atoms with Gasteiger partial charge in [0.25, 0.3) is 5.91 Å². The Morgan fingerprint density at radius 2 is 1.96 bits per heavy atom. The molecular formula is C17H22FNO4. The molecule has 1 fully saturated rings. The molecule has 23 heavy (non-hydrogen) atoms. The average molecular weight is 323 g/mol. The van der Waals surface area contributed by atoms with Crippen LogP contribution in [0.2, 0.25) is 0 Å². The molecule has 1 aliphatic carbocycles. The zero-order valence-corrected chi connectivity index (χ0v) is 13.2. The van der Waals surface area contributed by atoms with Crippen molar-refractivity contribution in [2.75, 3.05) is 13.2 Å². The second-order valence-corrected chi connectivity index (χ2v) is 5.82. The van der Waals surface area contributed by atoms with E-state index in [2.05, 4.69) is 12.2 Å². The minimum Gasteiger partial charge on any atom is -0.479 e. The Morgan fingerprint density at radius 1 is 1.22 bits per heavy atom. The van der Waals surface area contributed by atoms with Crippen LogP contribution in [0.5, 0.6) is 5.75 Å². The van der Waals surface area contributed by atoms with E-state index >= 15 is 0 Å². The van der Waals surface area contributed by atoms with Crippen LogP contribution < -0.4 is 10.1 Å². The molecule has 0 saturated heterocycles. The summed E-state index contributed by atoms with van der Waals surface area (Å²) in [5.74, 6) is -1.16. The largest absolute Gasteiger partial charge is 0.479 e. The van der Waals surface area contributed by atoms with E-state index in [0.717, 1.165) is 19.3 Å². The predicted octanol–water partition coefficient (Wildman–Crippen LogP) is 2.44. The number of benzene rings is 1. The van der Waals surface area contributed by atoms with E-state index in [0.29, 0.717) is 5.92 Å². The molecule has 0 bridgehead atoms. The molecule has 0 heterocycles. The van der Waals surface area contributed by atoms with Crippen molar-refractivity contribution in [1.82, 2.24) is 5.32 Å². The first kappa shape index (κ1) is 17.2. The quantitative estimate of drug-likeness (QED) is 0.817. The molecule has 0 radical (unpaired) electrons. The van der Waals surface area contributed by atoms with Crippen molar-refractivity contribution in [3.8, 4) is 5.75 Å². The number of para-hydroxylation sites is 1. The van der Waals surface area contributed by atoms with Crippen LogP contribution >= 0.6 is 0 Å². The zero-order valence-electron chi connectivity index (χ0n) is 13.2. The first-order valence-electron chi connectivity index (χ1n) is 7.88. The van der Waals surface area contributed by atoms with Crippen molar-refractivity contribution in [2.24, 2.45) is 5.92 Å². The highest BCUT2D eigenvalue weighted by Gasteiger charge is 2.23. The lowest BCUT2D eigenvalue weighted by atomic mass is 9.86. The Hall–Kier alpha value is -2.11. The second-order valence-electron chi connectivity index (χ2n) is 5.82. The van der Waals surface area contributed by atoms with Gasteiger partial charge in [-0.15, -0.1) is 0 Å². The van der Waals surface area contributed by atoms with Gasteiger partial charge in [-0.2, -0.15) is 0 Å². The maximum Gasteiger partial charge on any atom is 0.344 e. The number of amides is 1. The Balaban J connectivity index is 1.67. The third-order valence-corrected chi connectivity index (χ3v) is 4.00. The average Bonchev–Trinajstić information content (AvgIpc) is 2.54. The van der Waals surface area contributed by atoms with E-state index in [1.807, 2.05) is 0 Å². The molecule has 0 aromatic heterocycles. The number of ether oxygens (including phenoxy) is 2. The second kappa shape index (κ2) is 8.50. The number of carbonyl (C=O) groups is 2. The van der Waals surface area contributed by atoms with Crippen molar-refractivity contribution >= 4 is 11.9 Å². The smallest absolute Gasteiger partial charge is 0.344 e. The third-order valence-electron chi connectivity index (χ3n) is 4.00. The number of rotatable bonds is 6. The van der Waals surface area contributed by atoms with Gasteiger partial charge < -0.3 is 14.8 Å². The molecule has 1 aromatic carbocycles. The number of halogens is 1. The minimum absolute atomic E-state index is 0.0232. The lowest BCUT2D eigenvalue weighted by Crippen LogP contribution is -2.43. The number of carbonyl (C=O) groups excluding carboxylic acids is 2. The van der Waals surface area contributed by atoms with Crippen LogP contribution in [0.4, 0.5) is 4.39 Å². The minimum atomic E-state index is -0.708. The first-order valence-corrected chi connectivity index (χ1v) is 7.88. The molecule has 1 amide bonds. The topological polar surface area (TPSA) is 64.6 Å². The third kappa shape index (κ3) is 5.54. The standard InChI is InChI=1S/C17H22FNO4/c1-12-6-2-4-8-14(12)19-16(20)10-23-17(21)11-22-15-9-5-3-7-13(15)18/h3,5,7,9,12,14H,2,4,6,8,10-11H2,1H3,(H,19,20)/t12-,14+/m1/s1. The Labute approximate surface area is 135 Å². The molecule has 6 heteroatoms. The summed E-state index contributed by atoms with van der Waals surface area (Å²) < 4.78 is 23.2. The summed E-state index contributed by atoms with van der Waals surface area (Å²) in [7, 11) is 0. The van der Waals surface area contributed by atoms with E-state index in [4.69, 9.17) is 9.47 Å². The fraction of sp³-hybridized carbons (Fsp3) is 0.529. The van der Waals surface area contributed by atoms with Gasteiger partial charge in [0.05, 0.1) is 0 Å². The van der Waals surface area contributed by atoms with E-state index in [-0.39, 0.29) is 24.3 Å². The van der Waals surface area contributed by atoms with Gasteiger partial charge in [0.15, 0.2) is 24.8 Å². The first-order chi connectivity index (χ1) is 11.1. The molecule has 1 N–H and O–H groups in total. The molecule has 1 aliphatic rings. The van der Waals surface area contributed by atoms with Gasteiger partial charge in [0.1, 0.15) is 0 Å². The number of esters is 1. The van der Waals surface area contributed by atoms with E-state index in [1.165, 1.54) is 24.6 Å². The normalized spacial score (nSPS) is 20.6. The summed E-state index contributed by atoms with van der Waals surface area (Å²) in [6, 6.07) is 5.92. The lowest BCUT2D eigenvalue weighted by Gasteiger charge is -2.29. The van der Waals surface area contributed by atoms with E-state index in [9.17, 15) is 14.0 Å². The number of hydrogen-bond acceptors (Lipinski definition) is 4. The van der Waals surface area contributed by atoms with Gasteiger partial charge in [-0.1, -0.05) is 31.9 Å². The van der Waals surface area contributed by atoms with Crippen LogP contribution in [0, 0.1) is 11.7 Å². The van der Waals surface area contributed by atoms with E-state index in [1.54, 1.807) is 6.07 Å². The van der Waals surface area contributed by atoms with Crippen molar-refractivity contribution in [3.63, 3.8) is 0 Å². The van der Waals surface area contributed by atoms with Crippen LogP contribution in [-0.2, 0) is 14.3 Å². The Morgan fingerprint density at radius 3 is 2.70 bits per heavy atom. The van der Waals surface area contributed by atoms with Gasteiger partial charge in [-0.05, 0) is 30.9 Å². The van der Waals surface area contributed by atoms with Crippen molar-refractivity contribution < 1.29 is 23.5 Å². The highest BCUT2D eigenvalue weighted by molar-refractivity contribution is 5.81. The highest BCUT2D eigenvalue weighted by Crippen LogP contribution is 2.23. The lowest BCUT2D eigenvalue weighted by molar-refractivity contribution is -0.150. The summed E-state index contributed by atoms with van der Waals surface area (Å²) >= 11 is 0. The summed E-state index contributed by atoms with van der Waals surface area (Å²) in [5.41, 5.74) is 0. The molecular weight excluding hydrogens is 301 g/mol. The van der Waals surface area contributed by atoms with Crippen LogP contribution in [0.15, 0.2) is 24.3 Å². The summed E-state index contributed by atoms with van der Waals surface area (Å²) in [6.45, 7) is 1.33. The molecule has 0 unspecified atom stereocenters. The van der Waals surface area contributed by atoms with Crippen molar-refractivity contribution in [3.05, 3.63) is 30.1 Å². The Bertz CT molecular complexity index is 549. The molecule has 2 atom stereocenters. The fourth-order valence-electron chi connectivity index (χ4n) is 2.67. The van der Waals surface area contributed by atoms with Crippen molar-refractivity contribution in [2.45, 2.75) is 38.6 Å². The summed E-state index contributed by atoms with van der Waals surface area (Å²) in [5, 5.41) is 2.89. The van der Waals surface area contributed by atoms with Crippen LogP contribution in [0.3, 0.4) is 0 Å². The maximum absolute atomic E-state index is 13.3. The fourth-order valence-corrected chi connectivity index (χ4v) is 2.67. The predicted molar refractivity (Wildman–Crippen MR) is 82.4 cm³/mol. The van der Waals surface area contributed by atoms with Crippen LogP contribution in [0.25, 0.3) is 0 Å². The number of hydrogen-bond donors (Lipinski definition) is 1. The molecule has 5 nitrogen and oxygen atoms in total. The maximum atomic E-state index is 13.3. The van der Waals surface area contributed by atoms with Crippen LogP contribution in [-0.4, -0.2) is 31.1 Å². The molecule has 2 rings (SSSR count). The van der Waals surface area contributed by atoms with Crippen LogP contribution in [0.1, 0.15) is 32.6 Å². The summed E-state index contributed by atoms with van der Waals surface area (Å²) in [4.78, 5) is 23.3. The molecule has 1 aromatic rings. The van der Waals surface area contributed by atoms with Gasteiger partial charge in [0.2, 0.25) is 0 Å². The summed E-state index contributed by atoms with van der Waals surface area (Å²) in [6.07, 6.45) is 4.35. The van der Waals surface area contributed by atoms with Gasteiger partial charge >= 0.3 is 5.97 Å². The zero-order chi connectivity index (χ0) is 16.7. The highest BCUT2D eigenvalue weighted by atomic mass is 19.1. The molecule has 126 valence electrons. The van der Waals surface area contributed by atoms with E-state index < -0.39 is 18.4 Å².